The highest BCUT2D eigenvalue weighted by Gasteiger charge is 2.17. The number of nitrogens with zero attached hydrogens (tertiary/aromatic N) is 4. The largest absolute Gasteiger partial charge is 0.512 e. The fourth-order valence-electron chi connectivity index (χ4n) is 3.52. The highest BCUT2D eigenvalue weighted by Crippen LogP contribution is 2.23. The van der Waals surface area contributed by atoms with Crippen LogP contribution in [0.1, 0.15) is 55.2 Å². The van der Waals surface area contributed by atoms with Crippen molar-refractivity contribution in [2.24, 2.45) is 27.7 Å². The minimum atomic E-state index is -0.620. The van der Waals surface area contributed by atoms with Crippen LogP contribution >= 0.6 is 0 Å². The minimum Gasteiger partial charge on any atom is -0.512 e. The molecule has 0 aromatic carbocycles. The van der Waals surface area contributed by atoms with Crippen molar-refractivity contribution < 1.29 is 14.6 Å². The molecular weight excluding hydrogens is 472 g/mol. The van der Waals surface area contributed by atoms with E-state index in [4.69, 9.17) is 22.0 Å². The van der Waals surface area contributed by atoms with Crippen molar-refractivity contribution in [3.05, 3.63) is 65.6 Å². The number of carbonyl (C=O) groups excluding carboxylic acids is 1. The van der Waals surface area contributed by atoms with Crippen molar-refractivity contribution >= 4 is 28.8 Å². The van der Waals surface area contributed by atoms with Crippen LogP contribution in [0.3, 0.4) is 0 Å². The summed E-state index contributed by atoms with van der Waals surface area (Å²) in [5, 5.41) is 14.9. The Balaban J connectivity index is 1.78. The van der Waals surface area contributed by atoms with Crippen LogP contribution in [0.15, 0.2) is 53.8 Å². The molecule has 0 radical (unpaired) electrons. The number of pyridine rings is 2. The number of carbonyl (C=O) groups is 1. The van der Waals surface area contributed by atoms with Gasteiger partial charge in [-0.2, -0.15) is 4.99 Å². The number of allylic oxidation sites excluding steroid dienone is 1. The van der Waals surface area contributed by atoms with Crippen molar-refractivity contribution in [1.29, 1.82) is 0 Å². The third-order valence-corrected chi connectivity index (χ3v) is 5.81. The van der Waals surface area contributed by atoms with Crippen LogP contribution in [0, 0.1) is 12.3 Å². The first kappa shape index (κ1) is 27.6. The lowest BCUT2D eigenvalue weighted by Gasteiger charge is -2.24. The summed E-state index contributed by atoms with van der Waals surface area (Å²) in [5.74, 6) is 5.56. The lowest BCUT2D eigenvalue weighted by molar-refractivity contribution is 0.0904. The van der Waals surface area contributed by atoms with Gasteiger partial charge in [-0.3, -0.25) is 19.8 Å². The van der Waals surface area contributed by atoms with Gasteiger partial charge in [-0.1, -0.05) is 20.8 Å². The molecule has 1 amide bonds. The highest BCUT2D eigenvalue weighted by atomic mass is 16.5. The highest BCUT2D eigenvalue weighted by molar-refractivity contribution is 6.06. The molecule has 1 fully saturated rings. The molecule has 0 aliphatic carbocycles. The Morgan fingerprint density at radius 2 is 1.89 bits per heavy atom. The summed E-state index contributed by atoms with van der Waals surface area (Å²) in [7, 11) is 0. The Kier molecular flexibility index (Phi) is 8.85. The summed E-state index contributed by atoms with van der Waals surface area (Å²) in [4.78, 5) is 25.1. The van der Waals surface area contributed by atoms with Crippen molar-refractivity contribution in [1.82, 2.24) is 9.97 Å². The van der Waals surface area contributed by atoms with E-state index in [-0.39, 0.29) is 17.2 Å². The maximum atomic E-state index is 12.7. The van der Waals surface area contributed by atoms with Crippen molar-refractivity contribution in [2.45, 2.75) is 46.6 Å². The third-order valence-electron chi connectivity index (χ3n) is 5.81. The number of aryl methyl sites for hydroxylation is 1. The van der Waals surface area contributed by atoms with E-state index >= 15 is 0 Å². The summed E-state index contributed by atoms with van der Waals surface area (Å²) in [5.41, 5.74) is 14.8. The predicted molar refractivity (Wildman–Crippen MR) is 146 cm³/mol. The summed E-state index contributed by atoms with van der Waals surface area (Å²) in [6.07, 6.45) is 9.44. The molecule has 0 atom stereocenters. The molecule has 0 saturated carbocycles. The van der Waals surface area contributed by atoms with Gasteiger partial charge in [-0.05, 0) is 31.9 Å². The summed E-state index contributed by atoms with van der Waals surface area (Å²) < 4.78 is 5.41. The Morgan fingerprint density at radius 1 is 1.19 bits per heavy atom. The number of hydrogen-bond donors (Lipinski definition) is 5. The maximum absolute atomic E-state index is 12.7. The predicted octanol–water partition coefficient (Wildman–Crippen LogP) is 3.00. The third kappa shape index (κ3) is 7.76. The second-order valence-corrected chi connectivity index (χ2v) is 9.93. The fraction of sp³-hybridized carbons (Fsp3) is 0.385. The monoisotopic (exact) mass is 508 g/mol. The summed E-state index contributed by atoms with van der Waals surface area (Å²) in [6.45, 7) is 8.67. The van der Waals surface area contributed by atoms with E-state index in [0.717, 1.165) is 31.7 Å². The minimum absolute atomic E-state index is 0.0135. The first-order valence-electron chi connectivity index (χ1n) is 12.0. The first-order valence-corrected chi connectivity index (χ1v) is 12.0. The Hall–Kier alpha value is -3.96. The molecule has 3 rings (SSSR count). The number of hydrazine groups is 1. The number of aliphatic imine (C=N–C) groups is 1. The van der Waals surface area contributed by atoms with Crippen LogP contribution in [0.2, 0.25) is 0 Å². The van der Waals surface area contributed by atoms with E-state index in [9.17, 15) is 9.90 Å². The molecule has 1 aliphatic rings. The van der Waals surface area contributed by atoms with E-state index in [1.807, 2.05) is 26.8 Å². The van der Waals surface area contributed by atoms with E-state index in [1.165, 1.54) is 23.5 Å². The molecular formula is C26H36N8O3. The molecule has 2 aromatic heterocycles. The molecule has 8 N–H and O–H groups in total. The normalized spacial score (nSPS) is 16.0. The van der Waals surface area contributed by atoms with Gasteiger partial charge < -0.3 is 26.6 Å². The number of anilines is 2. The molecule has 37 heavy (non-hydrogen) atoms. The van der Waals surface area contributed by atoms with Crippen molar-refractivity contribution in [2.75, 3.05) is 23.5 Å². The standard InChI is InChI=1S/C26H36N8O3/c1-16-22(10-18(13-31-16)25(36)33-24(28)11-23(35)26(2,3)4)34(29)15-21(27)17-9-20(14-30-12-17)32-19-5-7-37-8-6-19/h9-15,19,32,35H,5-8,27,29H2,1-4H3,(H2,28,33,36)/b21-15-,23-11-. The molecule has 2 aromatic rings. The maximum Gasteiger partial charge on any atom is 0.280 e. The average Bonchev–Trinajstić information content (AvgIpc) is 2.84. The quantitative estimate of drug-likeness (QED) is 0.123. The van der Waals surface area contributed by atoms with E-state index in [0.29, 0.717) is 28.7 Å². The average molecular weight is 509 g/mol. The fourth-order valence-corrected chi connectivity index (χ4v) is 3.52. The van der Waals surface area contributed by atoms with Gasteiger partial charge in [0.05, 0.1) is 28.3 Å². The van der Waals surface area contributed by atoms with Crippen LogP contribution in [0.25, 0.3) is 5.70 Å². The zero-order chi connectivity index (χ0) is 27.2. The molecule has 11 nitrogen and oxygen atoms in total. The van der Waals surface area contributed by atoms with Gasteiger partial charge in [0.25, 0.3) is 5.91 Å². The van der Waals surface area contributed by atoms with Crippen molar-refractivity contribution in [3.63, 3.8) is 0 Å². The van der Waals surface area contributed by atoms with E-state index < -0.39 is 11.3 Å². The Bertz CT molecular complexity index is 1210. The molecule has 1 saturated heterocycles. The van der Waals surface area contributed by atoms with Gasteiger partial charge >= 0.3 is 0 Å². The molecule has 1 aliphatic heterocycles. The summed E-state index contributed by atoms with van der Waals surface area (Å²) >= 11 is 0. The molecule has 3 heterocycles. The van der Waals surface area contributed by atoms with Crippen LogP contribution in [0.4, 0.5) is 11.4 Å². The lowest BCUT2D eigenvalue weighted by Crippen LogP contribution is -2.28. The second-order valence-electron chi connectivity index (χ2n) is 9.93. The number of aliphatic hydroxyl groups is 1. The van der Waals surface area contributed by atoms with Crippen LogP contribution in [-0.4, -0.2) is 46.1 Å². The van der Waals surface area contributed by atoms with Gasteiger partial charge in [0, 0.05) is 61.1 Å². The SMILES string of the molecule is Cc1ncc(C(=O)N=C(N)/C=C(\O)C(C)(C)C)cc1N(N)/C=C(\N)c1cncc(NC2CCOCC2)c1. The number of amidine groups is 1. The number of ether oxygens (including phenoxy) is 1. The van der Waals surface area contributed by atoms with Crippen LogP contribution in [0.5, 0.6) is 0 Å². The van der Waals surface area contributed by atoms with Gasteiger partial charge in [-0.15, -0.1) is 0 Å². The Labute approximate surface area is 217 Å². The van der Waals surface area contributed by atoms with Gasteiger partial charge in [0.2, 0.25) is 0 Å². The van der Waals surface area contributed by atoms with Gasteiger partial charge in [-0.25, -0.2) is 5.84 Å². The number of aliphatic hydroxyl groups excluding tert-OH is 1. The summed E-state index contributed by atoms with van der Waals surface area (Å²) in [6, 6.07) is 3.78. The number of nitrogens with two attached hydrogens (primary N) is 3. The molecule has 198 valence electrons. The number of nitrogens with one attached hydrogen (secondary N) is 1. The Morgan fingerprint density at radius 3 is 2.57 bits per heavy atom. The molecule has 0 spiro atoms. The van der Waals surface area contributed by atoms with E-state index in [2.05, 4.69) is 20.3 Å². The molecule has 0 bridgehead atoms. The second kappa shape index (κ2) is 11.8. The first-order chi connectivity index (χ1) is 17.4. The number of hydrogen-bond acceptors (Lipinski definition) is 9. The topological polar surface area (TPSA) is 178 Å². The molecule has 11 heteroatoms. The number of rotatable bonds is 7. The zero-order valence-electron chi connectivity index (χ0n) is 21.7. The van der Waals surface area contributed by atoms with E-state index in [1.54, 1.807) is 25.4 Å². The smallest absolute Gasteiger partial charge is 0.280 e. The van der Waals surface area contributed by atoms with Gasteiger partial charge in [0.1, 0.15) is 11.6 Å². The molecule has 0 unspecified atom stereocenters. The van der Waals surface area contributed by atoms with Gasteiger partial charge in [0.15, 0.2) is 0 Å². The van der Waals surface area contributed by atoms with Crippen molar-refractivity contribution in [3.8, 4) is 0 Å². The number of amides is 1. The zero-order valence-corrected chi connectivity index (χ0v) is 21.7. The number of aromatic nitrogens is 2. The van der Waals surface area contributed by atoms with Crippen LogP contribution in [-0.2, 0) is 4.74 Å². The lowest BCUT2D eigenvalue weighted by atomic mass is 9.93. The van der Waals surface area contributed by atoms with Crippen LogP contribution < -0.4 is 27.6 Å².